The number of β-amino-alcohol motifs (C(OH)–C–C–N with tert-alkyl or cyclic N) is 1. The van der Waals surface area contributed by atoms with Crippen LogP contribution in [-0.2, 0) is 26.0 Å². The lowest BCUT2D eigenvalue weighted by Crippen LogP contribution is -2.49. The van der Waals surface area contributed by atoms with Crippen LogP contribution >= 0.6 is 0 Å². The molecule has 3 atom stereocenters. The molecular weight excluding hydrogens is 462 g/mol. The number of aliphatic hydroxyl groups is 1. The lowest BCUT2D eigenvalue weighted by molar-refractivity contribution is -0.144. The van der Waals surface area contributed by atoms with Gasteiger partial charge in [-0.05, 0) is 5.41 Å². The maximum absolute atomic E-state index is 13.6. The minimum absolute atomic E-state index is 0.102. The second-order valence-electron chi connectivity index (χ2n) is 10.2. The number of nitrogens with zero attached hydrogens (tertiary/aromatic N) is 6. The number of hydrogen-bond acceptors (Lipinski definition) is 8. The molecule has 1 aromatic rings. The lowest BCUT2D eigenvalue weighted by atomic mass is 9.85. The molecule has 2 aliphatic rings. The monoisotopic (exact) mass is 499 g/mol. The van der Waals surface area contributed by atoms with Gasteiger partial charge in [0, 0.05) is 65.4 Å². The minimum Gasteiger partial charge on any atom is -0.391 e. The van der Waals surface area contributed by atoms with E-state index in [-0.39, 0.29) is 24.8 Å². The van der Waals surface area contributed by atoms with Gasteiger partial charge in [0.25, 0.3) is 0 Å². The van der Waals surface area contributed by atoms with Crippen LogP contribution in [0, 0.1) is 5.41 Å². The Morgan fingerprint density at radius 1 is 1.24 bits per heavy atom. The molecule has 2 N–H and O–H groups in total. The molecule has 192 valence electrons. The van der Waals surface area contributed by atoms with E-state index in [9.17, 15) is 23.1 Å². The summed E-state index contributed by atoms with van der Waals surface area (Å²) >= 11 is 0. The Labute approximate surface area is 201 Å². The van der Waals surface area contributed by atoms with Crippen LogP contribution in [0.1, 0.15) is 38.9 Å². The molecule has 2 fully saturated rings. The zero-order chi connectivity index (χ0) is 25.3. The number of nitrogens with one attached hydrogen (secondary N) is 1. The molecule has 3 rings (SSSR count). The van der Waals surface area contributed by atoms with Gasteiger partial charge in [0.15, 0.2) is 0 Å². The highest BCUT2D eigenvalue weighted by molar-refractivity contribution is 7.88. The van der Waals surface area contributed by atoms with E-state index in [4.69, 9.17) is 0 Å². The number of likely N-dealkylation sites (tertiary alicyclic amines) is 1. The molecule has 13 heteroatoms. The third-order valence-corrected chi connectivity index (χ3v) is 7.78. The number of rotatable bonds is 7. The van der Waals surface area contributed by atoms with Crippen LogP contribution in [0.4, 0.5) is 0 Å². The topological polar surface area (TPSA) is 141 Å². The molecule has 0 aromatic carbocycles. The first-order chi connectivity index (χ1) is 15.8. The molecule has 12 nitrogen and oxygen atoms in total. The number of hydrogen-bond donors (Lipinski definition) is 2. The van der Waals surface area contributed by atoms with Crippen molar-refractivity contribution < 1.29 is 23.1 Å². The average Bonchev–Trinajstić information content (AvgIpc) is 3.37. The summed E-state index contributed by atoms with van der Waals surface area (Å²) in [5, 5.41) is 21.2. The van der Waals surface area contributed by atoms with Gasteiger partial charge in [-0.3, -0.25) is 9.59 Å². The van der Waals surface area contributed by atoms with E-state index in [1.165, 1.54) is 22.5 Å². The third kappa shape index (κ3) is 6.12. The van der Waals surface area contributed by atoms with Crippen molar-refractivity contribution in [2.24, 2.45) is 5.41 Å². The smallest absolute Gasteiger partial charge is 0.248 e. The number of carbonyl (C=O) groups excluding carboxylic acids is 2. The van der Waals surface area contributed by atoms with Crippen LogP contribution in [-0.4, -0.2) is 119 Å². The Hall–Kier alpha value is -2.09. The molecule has 34 heavy (non-hydrogen) atoms. The van der Waals surface area contributed by atoms with E-state index < -0.39 is 33.6 Å². The summed E-state index contributed by atoms with van der Waals surface area (Å²) in [4.78, 5) is 29.5. The predicted octanol–water partition coefficient (Wildman–Crippen LogP) is -1.31. The van der Waals surface area contributed by atoms with Crippen LogP contribution in [0.3, 0.4) is 0 Å². The van der Waals surface area contributed by atoms with Crippen molar-refractivity contribution in [3.63, 3.8) is 0 Å². The number of piperazine rings is 1. The zero-order valence-electron chi connectivity index (χ0n) is 20.6. The van der Waals surface area contributed by atoms with Crippen LogP contribution < -0.4 is 5.32 Å². The summed E-state index contributed by atoms with van der Waals surface area (Å²) in [6.45, 7) is 8.86. The second kappa shape index (κ2) is 10.3. The van der Waals surface area contributed by atoms with Gasteiger partial charge in [0.1, 0.15) is 12.1 Å². The van der Waals surface area contributed by atoms with Gasteiger partial charge in [-0.2, -0.15) is 4.31 Å². The zero-order valence-corrected chi connectivity index (χ0v) is 21.5. The minimum atomic E-state index is -3.16. The van der Waals surface area contributed by atoms with Crippen LogP contribution in [0.5, 0.6) is 0 Å². The largest absolute Gasteiger partial charge is 0.391 e. The fourth-order valence-corrected chi connectivity index (χ4v) is 5.45. The van der Waals surface area contributed by atoms with Gasteiger partial charge >= 0.3 is 0 Å². The summed E-state index contributed by atoms with van der Waals surface area (Å²) in [7, 11) is -1.65. The van der Waals surface area contributed by atoms with Crippen LogP contribution in [0.2, 0.25) is 0 Å². The molecule has 0 aliphatic carbocycles. The summed E-state index contributed by atoms with van der Waals surface area (Å²) in [6.07, 6.45) is 3.07. The maximum Gasteiger partial charge on any atom is 0.248 e. The molecule has 2 aliphatic heterocycles. The maximum atomic E-state index is 13.6. The molecule has 2 amide bonds. The van der Waals surface area contributed by atoms with E-state index in [1.807, 2.05) is 20.8 Å². The van der Waals surface area contributed by atoms with Crippen molar-refractivity contribution in [3.05, 3.63) is 11.9 Å². The average molecular weight is 500 g/mol. The summed E-state index contributed by atoms with van der Waals surface area (Å²) < 4.78 is 26.4. The van der Waals surface area contributed by atoms with Crippen LogP contribution in [0.15, 0.2) is 6.20 Å². The molecule has 1 aromatic heterocycles. The number of sulfonamides is 1. The predicted molar refractivity (Wildman–Crippen MR) is 125 cm³/mol. The van der Waals surface area contributed by atoms with Crippen molar-refractivity contribution in [3.8, 4) is 0 Å². The first kappa shape index (κ1) is 26.5. The Morgan fingerprint density at radius 2 is 1.88 bits per heavy atom. The Bertz CT molecular complexity index is 982. The molecule has 0 spiro atoms. The highest BCUT2D eigenvalue weighted by atomic mass is 32.2. The first-order valence-electron chi connectivity index (χ1n) is 11.6. The normalized spacial score (nSPS) is 23.8. The highest BCUT2D eigenvalue weighted by Crippen LogP contribution is 2.34. The van der Waals surface area contributed by atoms with E-state index in [0.29, 0.717) is 39.1 Å². The van der Waals surface area contributed by atoms with Crippen molar-refractivity contribution in [1.82, 2.24) is 34.4 Å². The Kier molecular flexibility index (Phi) is 8.00. The summed E-state index contributed by atoms with van der Waals surface area (Å²) in [6, 6.07) is -1.41. The van der Waals surface area contributed by atoms with Gasteiger partial charge in [-0.25, -0.2) is 13.1 Å². The molecule has 2 unspecified atom stereocenters. The standard InChI is InChI=1S/C21H37N7O5S/c1-21(2,3)18(20(31)27-14-16(29)12-17(27)19(30)22-4)28-13-15(23-24-28)6-7-25-8-10-26(11-9-25)34(5,32)33/h13,16-18,29H,6-12,14H2,1-5H3,(H,22,30)/t16?,17?,18-/m1/s1. The Balaban J connectivity index is 1.68. The number of likely N-dealkylation sites (N-methyl/N-ethyl adjacent to an activating group) is 1. The van der Waals surface area contributed by atoms with E-state index in [1.54, 1.807) is 10.9 Å². The molecular formula is C21H37N7O5S. The van der Waals surface area contributed by atoms with Crippen molar-refractivity contribution in [2.75, 3.05) is 52.6 Å². The number of aliphatic hydroxyl groups excluding tert-OH is 1. The van der Waals surface area contributed by atoms with Crippen molar-refractivity contribution in [2.45, 2.75) is 51.8 Å². The van der Waals surface area contributed by atoms with Crippen LogP contribution in [0.25, 0.3) is 0 Å². The molecule has 0 bridgehead atoms. The van der Waals surface area contributed by atoms with Gasteiger partial charge in [-0.1, -0.05) is 26.0 Å². The van der Waals surface area contributed by atoms with E-state index >= 15 is 0 Å². The number of amides is 2. The molecule has 2 saturated heterocycles. The van der Waals surface area contributed by atoms with Gasteiger partial charge < -0.3 is 20.2 Å². The molecule has 0 radical (unpaired) electrons. The van der Waals surface area contributed by atoms with E-state index in [0.717, 1.165) is 5.69 Å². The first-order valence-corrected chi connectivity index (χ1v) is 13.4. The number of aromatic nitrogens is 3. The fourth-order valence-electron chi connectivity index (χ4n) is 4.62. The number of carbonyl (C=O) groups is 2. The van der Waals surface area contributed by atoms with Gasteiger partial charge in [0.2, 0.25) is 21.8 Å². The SMILES string of the molecule is CNC(=O)C1CC(O)CN1C(=O)[C@@H](n1cc(CCN2CCN(S(C)(=O)=O)CC2)nn1)C(C)(C)C. The Morgan fingerprint density at radius 3 is 2.44 bits per heavy atom. The van der Waals surface area contributed by atoms with Crippen molar-refractivity contribution in [1.29, 1.82) is 0 Å². The quantitative estimate of drug-likeness (QED) is 0.471. The second-order valence-corrected chi connectivity index (χ2v) is 12.2. The third-order valence-electron chi connectivity index (χ3n) is 6.47. The summed E-state index contributed by atoms with van der Waals surface area (Å²) in [5.41, 5.74) is 0.224. The highest BCUT2D eigenvalue weighted by Gasteiger charge is 2.45. The molecule has 3 heterocycles. The van der Waals surface area contributed by atoms with Crippen molar-refractivity contribution >= 4 is 21.8 Å². The molecule has 0 saturated carbocycles. The summed E-state index contributed by atoms with van der Waals surface area (Å²) in [5.74, 6) is -0.571. The fraction of sp³-hybridized carbons (Fsp3) is 0.810. The van der Waals surface area contributed by atoms with Gasteiger partial charge in [0.05, 0.1) is 18.1 Å². The van der Waals surface area contributed by atoms with E-state index in [2.05, 4.69) is 20.5 Å². The van der Waals surface area contributed by atoms with Gasteiger partial charge in [-0.15, -0.1) is 5.10 Å². The lowest BCUT2D eigenvalue weighted by Gasteiger charge is -2.34.